The summed E-state index contributed by atoms with van der Waals surface area (Å²) in [5, 5.41) is 3.66. The number of alkyl halides is 3. The van der Waals surface area contributed by atoms with E-state index in [0.29, 0.717) is 16.6 Å². The molecule has 0 radical (unpaired) electrons. The molecular weight excluding hydrogens is 287 g/mol. The minimum Gasteiger partial charge on any atom is -0.377 e. The molecule has 3 nitrogen and oxygen atoms in total. The van der Waals surface area contributed by atoms with E-state index in [9.17, 15) is 13.2 Å². The van der Waals surface area contributed by atoms with Gasteiger partial charge in [0.15, 0.2) is 0 Å². The number of halogens is 4. The van der Waals surface area contributed by atoms with Gasteiger partial charge in [-0.05, 0) is 12.1 Å². The first-order chi connectivity index (χ1) is 8.45. The standard InChI is InChI=1S/C10H7ClF3N3S/c11-8-4-17-9(18-8)5-15-6-1-2-7(16-3-6)10(12,13)14/h1-4,15H,5H2. The zero-order valence-electron chi connectivity index (χ0n) is 8.83. The molecule has 0 saturated heterocycles. The molecule has 2 aromatic rings. The Morgan fingerprint density at radius 3 is 2.50 bits per heavy atom. The lowest BCUT2D eigenvalue weighted by Crippen LogP contribution is -2.08. The lowest BCUT2D eigenvalue weighted by molar-refractivity contribution is -0.141. The Balaban J connectivity index is 1.98. The van der Waals surface area contributed by atoms with Crippen LogP contribution in [0.2, 0.25) is 4.34 Å². The first-order valence-electron chi connectivity index (χ1n) is 4.82. The third kappa shape index (κ3) is 3.33. The molecule has 0 aliphatic heterocycles. The molecule has 0 spiro atoms. The molecule has 0 saturated carbocycles. The van der Waals surface area contributed by atoms with Crippen LogP contribution >= 0.6 is 22.9 Å². The van der Waals surface area contributed by atoms with Gasteiger partial charge in [0.1, 0.15) is 15.0 Å². The fourth-order valence-electron chi connectivity index (χ4n) is 1.21. The predicted molar refractivity (Wildman–Crippen MR) is 63.7 cm³/mol. The van der Waals surface area contributed by atoms with Gasteiger partial charge < -0.3 is 5.32 Å². The number of rotatable bonds is 3. The third-order valence-corrected chi connectivity index (χ3v) is 3.14. The van der Waals surface area contributed by atoms with E-state index in [-0.39, 0.29) is 0 Å². The van der Waals surface area contributed by atoms with Gasteiger partial charge in [0.2, 0.25) is 0 Å². The number of anilines is 1. The molecule has 96 valence electrons. The lowest BCUT2D eigenvalue weighted by atomic mass is 10.3. The minimum absolute atomic E-state index is 0.393. The molecule has 0 amide bonds. The second-order valence-corrected chi connectivity index (χ2v) is 5.09. The molecule has 0 unspecified atom stereocenters. The van der Waals surface area contributed by atoms with E-state index in [1.807, 2.05) is 0 Å². The zero-order valence-corrected chi connectivity index (χ0v) is 10.4. The van der Waals surface area contributed by atoms with Crippen molar-refractivity contribution in [2.45, 2.75) is 12.7 Å². The van der Waals surface area contributed by atoms with Crippen LogP contribution < -0.4 is 5.32 Å². The van der Waals surface area contributed by atoms with Crippen molar-refractivity contribution in [1.29, 1.82) is 0 Å². The first kappa shape index (κ1) is 13.1. The molecule has 0 aliphatic carbocycles. The SMILES string of the molecule is FC(F)(F)c1ccc(NCc2ncc(Cl)s2)cn1. The quantitative estimate of drug-likeness (QED) is 0.935. The van der Waals surface area contributed by atoms with Crippen molar-refractivity contribution in [1.82, 2.24) is 9.97 Å². The summed E-state index contributed by atoms with van der Waals surface area (Å²) in [5.41, 5.74) is -0.417. The number of aromatic nitrogens is 2. The highest BCUT2D eigenvalue weighted by molar-refractivity contribution is 7.15. The highest BCUT2D eigenvalue weighted by Crippen LogP contribution is 2.28. The summed E-state index contributed by atoms with van der Waals surface area (Å²) in [4.78, 5) is 7.35. The largest absolute Gasteiger partial charge is 0.433 e. The zero-order chi connectivity index (χ0) is 13.2. The van der Waals surface area contributed by atoms with E-state index in [1.54, 1.807) is 0 Å². The fraction of sp³-hybridized carbons (Fsp3) is 0.200. The maximum absolute atomic E-state index is 12.3. The third-order valence-electron chi connectivity index (χ3n) is 2.02. The monoisotopic (exact) mass is 293 g/mol. The molecule has 2 rings (SSSR count). The van der Waals surface area contributed by atoms with E-state index >= 15 is 0 Å². The molecule has 0 bridgehead atoms. The van der Waals surface area contributed by atoms with Crippen molar-refractivity contribution in [3.05, 3.63) is 39.6 Å². The van der Waals surface area contributed by atoms with Gasteiger partial charge in [-0.25, -0.2) is 9.97 Å². The second-order valence-electron chi connectivity index (χ2n) is 3.34. The first-order valence-corrected chi connectivity index (χ1v) is 6.02. The summed E-state index contributed by atoms with van der Waals surface area (Å²) in [6, 6.07) is 2.25. The summed E-state index contributed by atoms with van der Waals surface area (Å²) in [6.07, 6.45) is -1.76. The Morgan fingerprint density at radius 1 is 1.22 bits per heavy atom. The van der Waals surface area contributed by atoms with E-state index in [1.165, 1.54) is 23.6 Å². The number of thiazole rings is 1. The smallest absolute Gasteiger partial charge is 0.377 e. The van der Waals surface area contributed by atoms with Crippen LogP contribution in [0.25, 0.3) is 0 Å². The summed E-state index contributed by atoms with van der Waals surface area (Å²) in [7, 11) is 0. The van der Waals surface area contributed by atoms with E-state index in [2.05, 4.69) is 15.3 Å². The van der Waals surface area contributed by atoms with Gasteiger partial charge >= 0.3 is 6.18 Å². The molecule has 18 heavy (non-hydrogen) atoms. The summed E-state index contributed by atoms with van der Waals surface area (Å²) in [5.74, 6) is 0. The maximum atomic E-state index is 12.3. The molecule has 8 heteroatoms. The number of pyridine rings is 1. The van der Waals surface area contributed by atoms with Gasteiger partial charge in [-0.2, -0.15) is 13.2 Å². The molecule has 0 atom stereocenters. The molecular formula is C10H7ClF3N3S. The van der Waals surface area contributed by atoms with E-state index in [0.717, 1.165) is 17.3 Å². The number of hydrogen-bond acceptors (Lipinski definition) is 4. The molecule has 2 aromatic heterocycles. The topological polar surface area (TPSA) is 37.8 Å². The Labute approximate surface area is 110 Å². The highest BCUT2D eigenvalue weighted by atomic mass is 35.5. The Morgan fingerprint density at radius 2 is 2.00 bits per heavy atom. The Hall–Kier alpha value is -1.34. The van der Waals surface area contributed by atoms with Gasteiger partial charge in [0.05, 0.1) is 24.6 Å². The molecule has 0 aliphatic rings. The molecule has 2 heterocycles. The van der Waals surface area contributed by atoms with E-state index < -0.39 is 11.9 Å². The van der Waals surface area contributed by atoms with Crippen LogP contribution in [0.4, 0.5) is 18.9 Å². The van der Waals surface area contributed by atoms with Crippen molar-refractivity contribution in [2.24, 2.45) is 0 Å². The molecule has 1 N–H and O–H groups in total. The van der Waals surface area contributed by atoms with Crippen LogP contribution in [0.1, 0.15) is 10.7 Å². The van der Waals surface area contributed by atoms with Gasteiger partial charge in [-0.15, -0.1) is 11.3 Å². The number of hydrogen-bond donors (Lipinski definition) is 1. The van der Waals surface area contributed by atoms with Gasteiger partial charge in [0, 0.05) is 0 Å². The Bertz CT molecular complexity index is 524. The molecule has 0 fully saturated rings. The van der Waals surface area contributed by atoms with Gasteiger partial charge in [-0.1, -0.05) is 11.6 Å². The van der Waals surface area contributed by atoms with Crippen LogP contribution in [0.5, 0.6) is 0 Å². The van der Waals surface area contributed by atoms with Gasteiger partial charge in [-0.3, -0.25) is 0 Å². The Kier molecular flexibility index (Phi) is 3.72. The summed E-state index contributed by atoms with van der Waals surface area (Å²) < 4.78 is 37.4. The van der Waals surface area contributed by atoms with Crippen LogP contribution in [-0.2, 0) is 12.7 Å². The predicted octanol–water partition coefficient (Wildman–Crippen LogP) is 3.82. The number of nitrogens with one attached hydrogen (secondary N) is 1. The van der Waals surface area contributed by atoms with Crippen molar-refractivity contribution < 1.29 is 13.2 Å². The van der Waals surface area contributed by atoms with Crippen molar-refractivity contribution in [2.75, 3.05) is 5.32 Å². The van der Waals surface area contributed by atoms with Crippen molar-refractivity contribution in [3.63, 3.8) is 0 Å². The average molecular weight is 294 g/mol. The van der Waals surface area contributed by atoms with Crippen molar-refractivity contribution >= 4 is 28.6 Å². The second kappa shape index (κ2) is 5.11. The van der Waals surface area contributed by atoms with Crippen LogP contribution in [0.15, 0.2) is 24.5 Å². The summed E-state index contributed by atoms with van der Waals surface area (Å²) in [6.45, 7) is 0.393. The average Bonchev–Trinajstić information content (AvgIpc) is 2.72. The van der Waals surface area contributed by atoms with E-state index in [4.69, 9.17) is 11.6 Å². The fourth-order valence-corrected chi connectivity index (χ4v) is 2.11. The lowest BCUT2D eigenvalue weighted by Gasteiger charge is -2.07. The van der Waals surface area contributed by atoms with Crippen LogP contribution in [0.3, 0.4) is 0 Å². The van der Waals surface area contributed by atoms with Crippen LogP contribution in [-0.4, -0.2) is 9.97 Å². The minimum atomic E-state index is -4.42. The van der Waals surface area contributed by atoms with Crippen molar-refractivity contribution in [3.8, 4) is 0 Å². The maximum Gasteiger partial charge on any atom is 0.433 e. The highest BCUT2D eigenvalue weighted by Gasteiger charge is 2.31. The number of nitrogens with zero attached hydrogens (tertiary/aromatic N) is 2. The summed E-state index contributed by atoms with van der Waals surface area (Å²) >= 11 is 7.01. The van der Waals surface area contributed by atoms with Crippen LogP contribution in [0, 0.1) is 0 Å². The normalized spacial score (nSPS) is 11.6. The van der Waals surface area contributed by atoms with Gasteiger partial charge in [0.25, 0.3) is 0 Å². The molecule has 0 aromatic carbocycles.